The summed E-state index contributed by atoms with van der Waals surface area (Å²) in [5.41, 5.74) is 18.6. The van der Waals surface area contributed by atoms with Crippen LogP contribution >= 0.6 is 0 Å². The first kappa shape index (κ1) is 47.9. The first-order valence-electron chi connectivity index (χ1n) is 26.0. The quantitative estimate of drug-likeness (QED) is 0.135. The van der Waals surface area contributed by atoms with E-state index >= 15 is 0 Å². The van der Waals surface area contributed by atoms with Crippen molar-refractivity contribution in [2.75, 3.05) is 9.80 Å². The van der Waals surface area contributed by atoms with Gasteiger partial charge in [-0.1, -0.05) is 208 Å². The van der Waals surface area contributed by atoms with E-state index in [2.05, 4.69) is 278 Å². The topological polar surface area (TPSA) is 33.5 Å². The third-order valence-corrected chi connectivity index (χ3v) is 15.4. The van der Waals surface area contributed by atoms with Crippen molar-refractivity contribution in [2.45, 2.75) is 31.6 Å². The standard InChI is InChI=1S/C71H51N4O.Pt/c1-70(2,3)50-36-38-51(39-37-50)71(62-31-13-10-26-58(62)59-27-11-14-32-63(59)71)52-42-43-72-68(44-52)75-64-33-15-12-28-60(64)61-41-40-55(46-67(61)75)76-54-25-18-24-53(45-54)73-47-74(66-35-17-16-34-65(66)73)69-56(48-20-6-4-7-21-48)29-19-30-57(69)49-22-8-5-9-23-49;/h4-44,47H,1-3H3;/q-3;. The third kappa shape index (κ3) is 7.91. The molecular formula is C71H51N4OPt-3. The molecule has 5 nitrogen and oxygen atoms in total. The van der Waals surface area contributed by atoms with E-state index in [1.54, 1.807) is 0 Å². The number of fused-ring (bicyclic) bond motifs is 7. The van der Waals surface area contributed by atoms with Crippen LogP contribution in [0.15, 0.2) is 249 Å². The zero-order valence-corrected chi connectivity index (χ0v) is 45.0. The van der Waals surface area contributed by atoms with E-state index in [1.165, 1.54) is 33.4 Å². The van der Waals surface area contributed by atoms with E-state index < -0.39 is 5.41 Å². The van der Waals surface area contributed by atoms with E-state index in [4.69, 9.17) is 9.72 Å². The maximum atomic E-state index is 6.82. The maximum Gasteiger partial charge on any atom is 0.135 e. The van der Waals surface area contributed by atoms with Crippen molar-refractivity contribution in [3.8, 4) is 50.7 Å². The fraction of sp³-hybridized carbons (Fsp3) is 0.0704. The van der Waals surface area contributed by atoms with E-state index in [9.17, 15) is 0 Å². The number of hydrogen-bond donors (Lipinski definition) is 0. The zero-order valence-electron chi connectivity index (χ0n) is 42.8. The number of benzene rings is 10. The number of aromatic nitrogens is 2. The summed E-state index contributed by atoms with van der Waals surface area (Å²) in [6.07, 6.45) is 1.97. The van der Waals surface area contributed by atoms with Crippen molar-refractivity contribution in [1.82, 2.24) is 9.55 Å². The summed E-state index contributed by atoms with van der Waals surface area (Å²) in [6, 6.07) is 94.2. The van der Waals surface area contributed by atoms with Crippen LogP contribution in [0.3, 0.4) is 0 Å². The molecule has 10 aromatic carbocycles. The minimum absolute atomic E-state index is 0. The molecule has 3 heterocycles. The molecule has 12 aromatic rings. The van der Waals surface area contributed by atoms with Crippen molar-refractivity contribution < 1.29 is 25.8 Å². The van der Waals surface area contributed by atoms with Gasteiger partial charge in [0.1, 0.15) is 5.82 Å². The molecule has 6 heteroatoms. The van der Waals surface area contributed by atoms with Crippen LogP contribution in [-0.2, 0) is 31.9 Å². The Bertz CT molecular complexity index is 4080. The fourth-order valence-electron chi connectivity index (χ4n) is 11.9. The van der Waals surface area contributed by atoms with Crippen LogP contribution < -0.4 is 14.5 Å². The first-order valence-corrected chi connectivity index (χ1v) is 26.0. The van der Waals surface area contributed by atoms with Gasteiger partial charge in [-0.25, -0.2) is 4.98 Å². The van der Waals surface area contributed by atoms with Gasteiger partial charge in [-0.15, -0.1) is 48.1 Å². The summed E-state index contributed by atoms with van der Waals surface area (Å²) in [5, 5.41) is 2.17. The molecule has 2 aromatic heterocycles. The summed E-state index contributed by atoms with van der Waals surface area (Å²) in [6.45, 7) is 9.00. The molecule has 0 N–H and O–H groups in total. The molecule has 0 saturated carbocycles. The minimum atomic E-state index is -0.599. The van der Waals surface area contributed by atoms with Crippen LogP contribution in [0, 0.1) is 18.8 Å². The van der Waals surface area contributed by atoms with E-state index in [-0.39, 0.29) is 26.5 Å². The molecule has 0 bridgehead atoms. The normalized spacial score (nSPS) is 13.3. The van der Waals surface area contributed by atoms with Crippen LogP contribution in [0.1, 0.15) is 48.6 Å². The summed E-state index contributed by atoms with van der Waals surface area (Å²) < 4.78 is 9.06. The molecule has 0 amide bonds. The minimum Gasteiger partial charge on any atom is -0.509 e. The zero-order chi connectivity index (χ0) is 51.0. The van der Waals surface area contributed by atoms with Crippen molar-refractivity contribution in [3.05, 3.63) is 295 Å². The van der Waals surface area contributed by atoms with E-state index in [1.807, 2.05) is 24.4 Å². The number of ether oxygens (including phenoxy) is 1. The second kappa shape index (κ2) is 19.1. The Hall–Kier alpha value is -8.76. The number of pyridine rings is 1. The maximum absolute atomic E-state index is 6.82. The Labute approximate surface area is 464 Å². The van der Waals surface area contributed by atoms with Gasteiger partial charge in [0.2, 0.25) is 0 Å². The monoisotopic (exact) mass is 1170 g/mol. The molecule has 0 unspecified atom stereocenters. The summed E-state index contributed by atoms with van der Waals surface area (Å²) in [4.78, 5) is 9.70. The van der Waals surface area contributed by atoms with Crippen LogP contribution in [0.25, 0.3) is 61.0 Å². The Morgan fingerprint density at radius 3 is 1.73 bits per heavy atom. The van der Waals surface area contributed by atoms with Crippen LogP contribution in [0.5, 0.6) is 11.5 Å². The number of nitrogens with zero attached hydrogens (tertiary/aromatic N) is 4. The SMILES string of the molecule is CC(C)(C)c1ccc(C2(c3ccnc(-n4c5[c-]c(Oc6[c-]c(N7[CH-]N(c8c(-c9ccccc9)cccc8-c8ccccc8)c8ccccc87)ccc6)ccc5c5ccccc54)c3)c3ccccc3-c3ccccc32)cc1.[Pt]. The molecule has 14 rings (SSSR count). The van der Waals surface area contributed by atoms with Gasteiger partial charge in [-0.2, -0.15) is 12.1 Å². The van der Waals surface area contributed by atoms with Gasteiger partial charge >= 0.3 is 0 Å². The predicted molar refractivity (Wildman–Crippen MR) is 311 cm³/mol. The summed E-state index contributed by atoms with van der Waals surface area (Å²) in [5.74, 6) is 1.95. The van der Waals surface area contributed by atoms with E-state index in [0.29, 0.717) is 11.5 Å². The second-order valence-electron chi connectivity index (χ2n) is 20.8. The third-order valence-electron chi connectivity index (χ3n) is 15.4. The van der Waals surface area contributed by atoms with Crippen LogP contribution in [0.4, 0.5) is 22.7 Å². The Morgan fingerprint density at radius 1 is 0.481 bits per heavy atom. The van der Waals surface area contributed by atoms with Crippen LogP contribution in [0.2, 0.25) is 0 Å². The molecule has 0 saturated heterocycles. The van der Waals surface area contributed by atoms with Gasteiger partial charge in [0, 0.05) is 72.5 Å². The van der Waals surface area contributed by atoms with E-state index in [0.717, 1.165) is 78.2 Å². The average Bonchev–Trinajstić information content (AvgIpc) is 4.33. The number of hydrogen-bond acceptors (Lipinski definition) is 4. The molecule has 77 heavy (non-hydrogen) atoms. The molecule has 0 fully saturated rings. The Kier molecular flexibility index (Phi) is 11.9. The number of para-hydroxylation sites is 4. The van der Waals surface area contributed by atoms with Crippen molar-refractivity contribution in [1.29, 1.82) is 0 Å². The Balaban J connectivity index is 0.00000566. The van der Waals surface area contributed by atoms with Gasteiger partial charge in [-0.3, -0.25) is 0 Å². The second-order valence-corrected chi connectivity index (χ2v) is 20.8. The van der Waals surface area contributed by atoms with Crippen molar-refractivity contribution >= 4 is 44.6 Å². The molecule has 0 spiro atoms. The van der Waals surface area contributed by atoms with Gasteiger partial charge < -0.3 is 19.1 Å². The molecule has 0 atom stereocenters. The summed E-state index contributed by atoms with van der Waals surface area (Å²) in [7, 11) is 0. The molecule has 374 valence electrons. The molecule has 2 aliphatic rings. The average molecular weight is 1170 g/mol. The molecule has 0 radical (unpaired) electrons. The Morgan fingerprint density at radius 2 is 1.05 bits per heavy atom. The van der Waals surface area contributed by atoms with Gasteiger partial charge in [0.25, 0.3) is 0 Å². The van der Waals surface area contributed by atoms with Gasteiger partial charge in [0.05, 0.1) is 5.41 Å². The van der Waals surface area contributed by atoms with Crippen molar-refractivity contribution in [2.24, 2.45) is 0 Å². The number of anilines is 4. The van der Waals surface area contributed by atoms with Crippen molar-refractivity contribution in [3.63, 3.8) is 0 Å². The molecule has 1 aliphatic carbocycles. The van der Waals surface area contributed by atoms with Gasteiger partial charge in [-0.05, 0) is 91.2 Å². The molecular weight excluding hydrogens is 1120 g/mol. The molecule has 1 aliphatic heterocycles. The van der Waals surface area contributed by atoms with Crippen LogP contribution in [-0.4, -0.2) is 9.55 Å². The number of rotatable bonds is 9. The predicted octanol–water partition coefficient (Wildman–Crippen LogP) is 18.0. The fourth-order valence-corrected chi connectivity index (χ4v) is 11.9. The first-order chi connectivity index (χ1) is 37.3. The largest absolute Gasteiger partial charge is 0.509 e. The summed E-state index contributed by atoms with van der Waals surface area (Å²) >= 11 is 0. The van der Waals surface area contributed by atoms with Gasteiger partial charge in [0.15, 0.2) is 0 Å². The smallest absolute Gasteiger partial charge is 0.135 e.